The number of carbonyl (C=O) groups excluding carboxylic acids is 2. The fraction of sp³-hybridized carbons (Fsp3) is 0.118. The summed E-state index contributed by atoms with van der Waals surface area (Å²) < 4.78 is 0. The van der Waals surface area contributed by atoms with Crippen LogP contribution in [0, 0.1) is 0 Å². The topological polar surface area (TPSA) is 121 Å². The van der Waals surface area contributed by atoms with Gasteiger partial charge in [-0.2, -0.15) is 0 Å². The maximum atomic E-state index is 12.4. The van der Waals surface area contributed by atoms with Crippen LogP contribution in [0.5, 0.6) is 0 Å². The van der Waals surface area contributed by atoms with Crippen LogP contribution in [0.25, 0.3) is 11.0 Å². The molecule has 7 nitrogen and oxygen atoms in total. The third kappa shape index (κ3) is 3.33. The Balaban J connectivity index is 1.85. The number of rotatable bonds is 4. The van der Waals surface area contributed by atoms with Crippen LogP contribution in [0.2, 0.25) is 5.02 Å². The van der Waals surface area contributed by atoms with Crippen molar-refractivity contribution in [3.05, 3.63) is 58.6 Å². The van der Waals surface area contributed by atoms with E-state index in [1.54, 1.807) is 36.4 Å². The third-order valence-electron chi connectivity index (χ3n) is 3.85. The molecule has 3 aromatic rings. The second kappa shape index (κ2) is 6.19. The maximum Gasteiger partial charge on any atom is 0.262 e. The van der Waals surface area contributed by atoms with Gasteiger partial charge in [-0.15, -0.1) is 0 Å². The first-order valence-corrected chi connectivity index (χ1v) is 7.74. The highest BCUT2D eigenvalue weighted by Gasteiger charge is 2.33. The van der Waals surface area contributed by atoms with Crippen molar-refractivity contribution in [3.63, 3.8) is 0 Å². The van der Waals surface area contributed by atoms with Crippen LogP contribution in [-0.2, 0) is 10.4 Å². The van der Waals surface area contributed by atoms with E-state index in [4.69, 9.17) is 17.3 Å². The standard InChI is InChI=1S/C17H15ClN4O3/c1-17(25,10-3-5-11(18)6-4-10)15(24)22-16-20-12-7-2-9(14(19)23)8-13(12)21-16/h2-8,25H,1H3,(H2,19,23)(H2,20,21,22,24). The molecule has 3 rings (SSSR count). The smallest absolute Gasteiger partial charge is 0.262 e. The zero-order valence-electron chi connectivity index (χ0n) is 13.2. The van der Waals surface area contributed by atoms with Crippen LogP contribution >= 0.6 is 11.6 Å². The number of benzene rings is 2. The molecular formula is C17H15ClN4O3. The molecule has 0 saturated carbocycles. The van der Waals surface area contributed by atoms with Crippen molar-refractivity contribution in [3.8, 4) is 0 Å². The number of anilines is 1. The lowest BCUT2D eigenvalue weighted by Crippen LogP contribution is -2.37. The van der Waals surface area contributed by atoms with E-state index in [9.17, 15) is 14.7 Å². The number of aromatic amines is 1. The van der Waals surface area contributed by atoms with Crippen LogP contribution in [0.15, 0.2) is 42.5 Å². The highest BCUT2D eigenvalue weighted by Crippen LogP contribution is 2.24. The van der Waals surface area contributed by atoms with Crippen molar-refractivity contribution in [2.75, 3.05) is 5.32 Å². The molecule has 2 aromatic carbocycles. The van der Waals surface area contributed by atoms with Crippen molar-refractivity contribution in [2.24, 2.45) is 5.73 Å². The number of fused-ring (bicyclic) bond motifs is 1. The molecule has 0 bridgehead atoms. The predicted molar refractivity (Wildman–Crippen MR) is 94.3 cm³/mol. The summed E-state index contributed by atoms with van der Waals surface area (Å²) in [5, 5.41) is 13.6. The van der Waals surface area contributed by atoms with Gasteiger partial charge in [0.1, 0.15) is 0 Å². The number of primary amides is 1. The summed E-state index contributed by atoms with van der Waals surface area (Å²) in [7, 11) is 0. The number of nitrogens with one attached hydrogen (secondary N) is 2. The molecule has 1 atom stereocenters. The molecule has 1 aromatic heterocycles. The molecule has 0 radical (unpaired) electrons. The average Bonchev–Trinajstić information content (AvgIpc) is 2.96. The summed E-state index contributed by atoms with van der Waals surface area (Å²) in [4.78, 5) is 30.7. The molecule has 25 heavy (non-hydrogen) atoms. The molecule has 5 N–H and O–H groups in total. The highest BCUT2D eigenvalue weighted by atomic mass is 35.5. The Morgan fingerprint density at radius 3 is 2.56 bits per heavy atom. The number of aromatic nitrogens is 2. The molecule has 0 aliphatic carbocycles. The SMILES string of the molecule is CC(O)(C(=O)Nc1nc2ccc(C(N)=O)cc2[nH]1)c1ccc(Cl)cc1. The highest BCUT2D eigenvalue weighted by molar-refractivity contribution is 6.30. The Morgan fingerprint density at radius 1 is 1.24 bits per heavy atom. The summed E-state index contributed by atoms with van der Waals surface area (Å²) in [5.41, 5.74) is 5.26. The van der Waals surface area contributed by atoms with Gasteiger partial charge in [0.2, 0.25) is 11.9 Å². The number of halogens is 1. The van der Waals surface area contributed by atoms with E-state index in [0.29, 0.717) is 27.2 Å². The van der Waals surface area contributed by atoms with Crippen LogP contribution in [0.3, 0.4) is 0 Å². The number of imidazole rings is 1. The zero-order chi connectivity index (χ0) is 18.2. The molecule has 1 heterocycles. The average molecular weight is 359 g/mol. The van der Waals surface area contributed by atoms with Crippen molar-refractivity contribution >= 4 is 40.4 Å². The number of hydrogen-bond acceptors (Lipinski definition) is 4. The Labute approximate surface area is 147 Å². The van der Waals surface area contributed by atoms with Crippen molar-refractivity contribution in [2.45, 2.75) is 12.5 Å². The third-order valence-corrected chi connectivity index (χ3v) is 4.10. The number of amides is 2. The first kappa shape index (κ1) is 16.9. The Bertz CT molecular complexity index is 964. The van der Waals surface area contributed by atoms with E-state index in [1.165, 1.54) is 13.0 Å². The first-order valence-electron chi connectivity index (χ1n) is 7.37. The van der Waals surface area contributed by atoms with E-state index in [0.717, 1.165) is 0 Å². The van der Waals surface area contributed by atoms with Gasteiger partial charge in [0.05, 0.1) is 11.0 Å². The van der Waals surface area contributed by atoms with Gasteiger partial charge in [0, 0.05) is 10.6 Å². The van der Waals surface area contributed by atoms with E-state index in [2.05, 4.69) is 15.3 Å². The van der Waals surface area contributed by atoms with Gasteiger partial charge in [0.25, 0.3) is 5.91 Å². The normalized spacial score (nSPS) is 13.4. The lowest BCUT2D eigenvalue weighted by Gasteiger charge is -2.22. The zero-order valence-corrected chi connectivity index (χ0v) is 14.0. The molecule has 0 aliphatic rings. The van der Waals surface area contributed by atoms with Crippen LogP contribution in [0.1, 0.15) is 22.8 Å². The fourth-order valence-corrected chi connectivity index (χ4v) is 2.48. The van der Waals surface area contributed by atoms with Gasteiger partial charge in [0.15, 0.2) is 5.60 Å². The minimum absolute atomic E-state index is 0.149. The first-order chi connectivity index (χ1) is 11.8. The monoisotopic (exact) mass is 358 g/mol. The van der Waals surface area contributed by atoms with E-state index >= 15 is 0 Å². The number of nitrogens with two attached hydrogens (primary N) is 1. The van der Waals surface area contributed by atoms with Crippen LogP contribution in [-0.4, -0.2) is 26.9 Å². The molecule has 128 valence electrons. The Morgan fingerprint density at radius 2 is 1.92 bits per heavy atom. The molecule has 0 spiro atoms. The van der Waals surface area contributed by atoms with Crippen molar-refractivity contribution < 1.29 is 14.7 Å². The summed E-state index contributed by atoms with van der Waals surface area (Å²) in [6.45, 7) is 1.37. The molecule has 8 heteroatoms. The second-order valence-electron chi connectivity index (χ2n) is 5.71. The summed E-state index contributed by atoms with van der Waals surface area (Å²) in [5.74, 6) is -1.08. The molecule has 0 fully saturated rings. The minimum Gasteiger partial charge on any atom is -0.376 e. The van der Waals surface area contributed by atoms with Gasteiger partial charge in [-0.25, -0.2) is 4.98 Å². The lowest BCUT2D eigenvalue weighted by molar-refractivity contribution is -0.133. The number of nitrogens with zero attached hydrogens (tertiary/aromatic N) is 1. The van der Waals surface area contributed by atoms with Gasteiger partial charge in [-0.05, 0) is 42.8 Å². The number of H-pyrrole nitrogens is 1. The van der Waals surface area contributed by atoms with Gasteiger partial charge < -0.3 is 15.8 Å². The van der Waals surface area contributed by atoms with E-state index in [1.807, 2.05) is 0 Å². The number of carbonyl (C=O) groups is 2. The minimum atomic E-state index is -1.78. The van der Waals surface area contributed by atoms with Crippen LogP contribution in [0.4, 0.5) is 5.95 Å². The largest absolute Gasteiger partial charge is 0.376 e. The molecule has 2 amide bonds. The van der Waals surface area contributed by atoms with Crippen molar-refractivity contribution in [1.29, 1.82) is 0 Å². The molecular weight excluding hydrogens is 344 g/mol. The number of aliphatic hydroxyl groups is 1. The van der Waals surface area contributed by atoms with Crippen molar-refractivity contribution in [1.82, 2.24) is 9.97 Å². The van der Waals surface area contributed by atoms with E-state index in [-0.39, 0.29) is 5.95 Å². The Hall–Kier alpha value is -2.90. The molecule has 0 saturated heterocycles. The van der Waals surface area contributed by atoms with E-state index < -0.39 is 17.4 Å². The Kier molecular flexibility index (Phi) is 4.20. The molecule has 0 aliphatic heterocycles. The molecule has 1 unspecified atom stereocenters. The summed E-state index contributed by atoms with van der Waals surface area (Å²) >= 11 is 5.82. The summed E-state index contributed by atoms with van der Waals surface area (Å²) in [6, 6.07) is 11.0. The van der Waals surface area contributed by atoms with Gasteiger partial charge in [-0.1, -0.05) is 23.7 Å². The number of hydrogen-bond donors (Lipinski definition) is 4. The summed E-state index contributed by atoms with van der Waals surface area (Å²) in [6.07, 6.45) is 0. The quantitative estimate of drug-likeness (QED) is 0.571. The fourth-order valence-electron chi connectivity index (χ4n) is 2.36. The van der Waals surface area contributed by atoms with Gasteiger partial charge in [-0.3, -0.25) is 14.9 Å². The van der Waals surface area contributed by atoms with Gasteiger partial charge >= 0.3 is 0 Å². The maximum absolute atomic E-state index is 12.4. The predicted octanol–water partition coefficient (Wildman–Crippen LogP) is 2.16. The lowest BCUT2D eigenvalue weighted by atomic mass is 9.95. The van der Waals surface area contributed by atoms with Crippen LogP contribution < -0.4 is 11.1 Å². The second-order valence-corrected chi connectivity index (χ2v) is 6.15.